The summed E-state index contributed by atoms with van der Waals surface area (Å²) < 4.78 is 4.77. The topological polar surface area (TPSA) is 9.86 Å². The Kier molecular flexibility index (Phi) is 9.60. The number of rotatable bonds is 6. The molecule has 2 aliphatic rings. The molecule has 2 aromatic heterocycles. The van der Waals surface area contributed by atoms with Gasteiger partial charge >= 0.3 is 0 Å². The molecule has 284 valence electrons. The molecule has 0 radical (unpaired) electrons. The smallest absolute Gasteiger partial charge is 0.0541 e. The van der Waals surface area contributed by atoms with Gasteiger partial charge in [-0.15, -0.1) is 0 Å². The Labute approximate surface area is 346 Å². The fourth-order valence-corrected chi connectivity index (χ4v) is 9.04. The van der Waals surface area contributed by atoms with Crippen LogP contribution in [-0.2, 0) is 0 Å². The molecule has 11 rings (SSSR count). The number of fused-ring (bicyclic) bond motifs is 6. The van der Waals surface area contributed by atoms with Crippen LogP contribution in [0.3, 0.4) is 0 Å². The Morgan fingerprint density at radius 2 is 0.831 bits per heavy atom. The molecular weight excluding hydrogens is 713 g/mol. The molecule has 0 spiro atoms. The molecule has 0 bridgehead atoms. The van der Waals surface area contributed by atoms with Crippen molar-refractivity contribution in [2.45, 2.75) is 33.1 Å². The fraction of sp³-hybridized carbons (Fsp3) is 0.0877. The van der Waals surface area contributed by atoms with Gasteiger partial charge in [0.2, 0.25) is 0 Å². The summed E-state index contributed by atoms with van der Waals surface area (Å²) in [5, 5.41) is 5.13. The van der Waals surface area contributed by atoms with Crippen LogP contribution in [-0.4, -0.2) is 9.13 Å². The van der Waals surface area contributed by atoms with E-state index in [1.165, 1.54) is 99.5 Å². The van der Waals surface area contributed by atoms with Crippen molar-refractivity contribution in [1.82, 2.24) is 9.13 Å². The van der Waals surface area contributed by atoms with Crippen LogP contribution in [0.4, 0.5) is 0 Å². The van der Waals surface area contributed by atoms with Crippen LogP contribution < -0.4 is 0 Å². The number of hydrogen-bond donors (Lipinski definition) is 0. The first-order valence-corrected chi connectivity index (χ1v) is 21.0. The van der Waals surface area contributed by atoms with Crippen molar-refractivity contribution in [3.05, 3.63) is 223 Å². The van der Waals surface area contributed by atoms with Crippen LogP contribution >= 0.6 is 0 Å². The van der Waals surface area contributed by atoms with Crippen LogP contribution in [0, 0.1) is 0 Å². The van der Waals surface area contributed by atoms with E-state index in [-0.39, 0.29) is 0 Å². The highest BCUT2D eigenvalue weighted by atomic mass is 15.0. The molecule has 0 saturated carbocycles. The second-order valence-electron chi connectivity index (χ2n) is 15.2. The largest absolute Gasteiger partial charge is 0.309 e. The molecule has 2 nitrogen and oxygen atoms in total. The predicted octanol–water partition coefficient (Wildman–Crippen LogP) is 15.7. The second-order valence-corrected chi connectivity index (χ2v) is 15.2. The first-order valence-electron chi connectivity index (χ1n) is 21.0. The summed E-state index contributed by atoms with van der Waals surface area (Å²) in [4.78, 5) is 0. The minimum absolute atomic E-state index is 0.854. The van der Waals surface area contributed by atoms with E-state index < -0.39 is 0 Å². The van der Waals surface area contributed by atoms with E-state index in [1.807, 2.05) is 13.8 Å². The first-order chi connectivity index (χ1) is 29.3. The van der Waals surface area contributed by atoms with E-state index in [9.17, 15) is 0 Å². The summed E-state index contributed by atoms with van der Waals surface area (Å²) in [5.74, 6) is 0. The van der Waals surface area contributed by atoms with Crippen molar-refractivity contribution in [1.29, 1.82) is 0 Å². The first kappa shape index (κ1) is 36.2. The zero-order chi connectivity index (χ0) is 39.7. The van der Waals surface area contributed by atoms with Gasteiger partial charge in [-0.3, -0.25) is 0 Å². The monoisotopic (exact) mass is 758 g/mol. The minimum atomic E-state index is 0.854. The van der Waals surface area contributed by atoms with Crippen LogP contribution in [0.15, 0.2) is 206 Å². The lowest BCUT2D eigenvalue weighted by molar-refractivity contribution is 1.04. The van der Waals surface area contributed by atoms with Crippen LogP contribution in [0.2, 0.25) is 0 Å². The number of hydrogen-bond acceptors (Lipinski definition) is 0. The maximum atomic E-state index is 2.40. The van der Waals surface area contributed by atoms with Crippen molar-refractivity contribution >= 4 is 60.3 Å². The molecule has 0 amide bonds. The van der Waals surface area contributed by atoms with E-state index in [0.717, 1.165) is 19.3 Å². The molecule has 0 N–H and O–H groups in total. The SMILES string of the molecule is C1=CC(c2cc(C3=CCCC=C3)cc(-c3ccc(-n4c5ccccc5c5ccccc54)cc3)c2)=CCC(c2ccc(-n3c4ccccc4c4ccccc43)cc2)=C1.CC. The zero-order valence-electron chi connectivity index (χ0n) is 33.6. The van der Waals surface area contributed by atoms with Crippen molar-refractivity contribution in [3.63, 3.8) is 0 Å². The third-order valence-corrected chi connectivity index (χ3v) is 11.8. The van der Waals surface area contributed by atoms with Gasteiger partial charge in [0.15, 0.2) is 0 Å². The minimum Gasteiger partial charge on any atom is -0.309 e. The molecule has 0 fully saturated rings. The van der Waals surface area contributed by atoms with Crippen molar-refractivity contribution in [3.8, 4) is 22.5 Å². The number of allylic oxidation sites excluding steroid dienone is 10. The van der Waals surface area contributed by atoms with E-state index in [0.29, 0.717) is 0 Å². The molecule has 2 heteroatoms. The second kappa shape index (κ2) is 15.6. The zero-order valence-corrected chi connectivity index (χ0v) is 33.6. The van der Waals surface area contributed by atoms with Crippen molar-refractivity contribution < 1.29 is 0 Å². The number of para-hydroxylation sites is 4. The quantitative estimate of drug-likeness (QED) is 0.160. The molecular formula is C57H46N2. The van der Waals surface area contributed by atoms with Crippen LogP contribution in [0.1, 0.15) is 49.8 Å². The lowest BCUT2D eigenvalue weighted by atomic mass is 9.91. The highest BCUT2D eigenvalue weighted by Gasteiger charge is 2.15. The molecule has 0 aliphatic heterocycles. The summed E-state index contributed by atoms with van der Waals surface area (Å²) in [6.07, 6.45) is 19.2. The molecule has 2 aliphatic carbocycles. The molecule has 0 unspecified atom stereocenters. The average molecular weight is 759 g/mol. The van der Waals surface area contributed by atoms with Gasteiger partial charge in [-0.1, -0.05) is 153 Å². The van der Waals surface area contributed by atoms with Gasteiger partial charge in [-0.2, -0.15) is 0 Å². The standard InChI is InChI=1S/C55H40N2.C2H6/c1-2-13-38(14-3-1)43-35-44(37-45(36-43)42-29-33-47(34-30-42)57-54-23-10-6-19-50(54)51-20-7-11-24-55(51)57)40-16-12-15-39(25-26-40)41-27-31-46(32-28-41)56-52-21-8-4-17-48(52)49-18-5-9-22-53(49)56;1-2/h2,4-24,26-37H,1,3,25H2;1-2H3. The maximum absolute atomic E-state index is 2.40. The number of nitrogens with zero attached hydrogens (tertiary/aromatic N) is 2. The van der Waals surface area contributed by atoms with Gasteiger partial charge in [-0.25, -0.2) is 0 Å². The molecule has 2 heterocycles. The van der Waals surface area contributed by atoms with Crippen LogP contribution in [0.5, 0.6) is 0 Å². The summed E-state index contributed by atoms with van der Waals surface area (Å²) in [6, 6.07) is 60.1. The average Bonchev–Trinajstić information content (AvgIpc) is 3.71. The summed E-state index contributed by atoms with van der Waals surface area (Å²) in [7, 11) is 0. The van der Waals surface area contributed by atoms with Gasteiger partial charge in [0.25, 0.3) is 0 Å². The summed E-state index contributed by atoms with van der Waals surface area (Å²) >= 11 is 0. The maximum Gasteiger partial charge on any atom is 0.0541 e. The third-order valence-electron chi connectivity index (χ3n) is 11.8. The van der Waals surface area contributed by atoms with E-state index in [1.54, 1.807) is 0 Å². The number of benzene rings is 7. The highest BCUT2D eigenvalue weighted by Crippen LogP contribution is 2.37. The van der Waals surface area contributed by atoms with Gasteiger partial charge in [-0.05, 0) is 131 Å². The molecule has 7 aromatic carbocycles. The third kappa shape index (κ3) is 6.57. The van der Waals surface area contributed by atoms with Crippen molar-refractivity contribution in [2.24, 2.45) is 0 Å². The molecule has 59 heavy (non-hydrogen) atoms. The lowest BCUT2D eigenvalue weighted by Gasteiger charge is -2.15. The normalized spacial score (nSPS) is 13.9. The van der Waals surface area contributed by atoms with Gasteiger partial charge in [0.05, 0.1) is 22.1 Å². The highest BCUT2D eigenvalue weighted by molar-refractivity contribution is 6.10. The predicted molar refractivity (Wildman–Crippen MR) is 254 cm³/mol. The fourth-order valence-electron chi connectivity index (χ4n) is 9.04. The summed E-state index contributed by atoms with van der Waals surface area (Å²) in [6.45, 7) is 4.00. The van der Waals surface area contributed by atoms with E-state index in [2.05, 4.69) is 215 Å². The van der Waals surface area contributed by atoms with Gasteiger partial charge in [0, 0.05) is 32.9 Å². The Bertz CT molecular complexity index is 3070. The Morgan fingerprint density at radius 3 is 1.31 bits per heavy atom. The van der Waals surface area contributed by atoms with E-state index in [4.69, 9.17) is 0 Å². The molecule has 0 atom stereocenters. The van der Waals surface area contributed by atoms with Crippen LogP contribution in [0.25, 0.3) is 82.8 Å². The Balaban J connectivity index is 0.00000207. The lowest BCUT2D eigenvalue weighted by Crippen LogP contribution is -1.95. The van der Waals surface area contributed by atoms with E-state index >= 15 is 0 Å². The Hall–Kier alpha value is -7.16. The van der Waals surface area contributed by atoms with Crippen molar-refractivity contribution in [2.75, 3.05) is 0 Å². The molecule has 9 aromatic rings. The number of aromatic nitrogens is 2. The van der Waals surface area contributed by atoms with Gasteiger partial charge < -0.3 is 9.13 Å². The summed E-state index contributed by atoms with van der Waals surface area (Å²) in [5.41, 5.74) is 17.3. The van der Waals surface area contributed by atoms with Gasteiger partial charge in [0.1, 0.15) is 0 Å². The molecule has 0 saturated heterocycles. The Morgan fingerprint density at radius 1 is 0.390 bits per heavy atom.